The summed E-state index contributed by atoms with van der Waals surface area (Å²) in [6.07, 6.45) is -1.51. The molecule has 0 saturated carbocycles. The number of H-pyrrole nitrogens is 1. The molecule has 1 aromatic heterocycles. The van der Waals surface area contributed by atoms with E-state index in [4.69, 9.17) is 37.8 Å². The highest BCUT2D eigenvalue weighted by molar-refractivity contribution is 7.48. The summed E-state index contributed by atoms with van der Waals surface area (Å²) in [5.74, 6) is 0. The average Bonchev–Trinajstić information content (AvgIpc) is 3.22. The zero-order chi connectivity index (χ0) is 25.7. The van der Waals surface area contributed by atoms with Gasteiger partial charge in [-0.3, -0.25) is 27.9 Å². The molecule has 1 aliphatic heterocycles. The highest BCUT2D eigenvalue weighted by Gasteiger charge is 2.42. The monoisotopic (exact) mass is 521 g/mol. The number of rotatable bonds is 17. The Morgan fingerprint density at radius 3 is 2.49 bits per heavy atom. The zero-order valence-electron chi connectivity index (χ0n) is 19.8. The minimum Gasteiger partial charge on any atom is -0.394 e. The third kappa shape index (κ3) is 9.57. The van der Waals surface area contributed by atoms with Crippen molar-refractivity contribution >= 4 is 7.82 Å². The van der Waals surface area contributed by atoms with Gasteiger partial charge in [0.25, 0.3) is 5.56 Å². The Labute approximate surface area is 202 Å². The lowest BCUT2D eigenvalue weighted by atomic mass is 10.2. The minimum atomic E-state index is -4.18. The number of methoxy groups -OCH3 is 1. The predicted octanol–water partition coefficient (Wildman–Crippen LogP) is 0.245. The molecule has 0 radical (unpaired) electrons. The Morgan fingerprint density at radius 2 is 1.83 bits per heavy atom. The second kappa shape index (κ2) is 15.2. The van der Waals surface area contributed by atoms with Crippen LogP contribution in [0.5, 0.6) is 0 Å². The van der Waals surface area contributed by atoms with E-state index in [1.807, 2.05) is 6.07 Å². The predicted molar refractivity (Wildman–Crippen MR) is 120 cm³/mol. The zero-order valence-corrected chi connectivity index (χ0v) is 20.6. The maximum Gasteiger partial charge on any atom is 0.475 e. The molecular weight excluding hydrogens is 489 g/mol. The van der Waals surface area contributed by atoms with E-state index in [-0.39, 0.29) is 44.8 Å². The maximum atomic E-state index is 13.2. The number of nitriles is 1. The molecular formula is C20H32N3O11P. The van der Waals surface area contributed by atoms with Gasteiger partial charge < -0.3 is 24.1 Å². The summed E-state index contributed by atoms with van der Waals surface area (Å²) < 4.78 is 51.7. The lowest BCUT2D eigenvalue weighted by Gasteiger charge is -2.23. The molecule has 2 heterocycles. The van der Waals surface area contributed by atoms with Gasteiger partial charge in [-0.1, -0.05) is 0 Å². The first-order valence-corrected chi connectivity index (χ1v) is 12.5. The van der Waals surface area contributed by atoms with Gasteiger partial charge >= 0.3 is 13.5 Å². The van der Waals surface area contributed by atoms with Gasteiger partial charge in [0.2, 0.25) is 0 Å². The van der Waals surface area contributed by atoms with Crippen LogP contribution >= 0.6 is 7.82 Å². The van der Waals surface area contributed by atoms with Crippen LogP contribution in [-0.4, -0.2) is 86.8 Å². The number of aromatic amines is 1. The number of aromatic nitrogens is 2. The number of nitrogens with one attached hydrogen (secondary N) is 1. The number of hydrogen-bond donors (Lipinski definition) is 2. The van der Waals surface area contributed by atoms with Crippen molar-refractivity contribution in [2.24, 2.45) is 0 Å². The Balaban J connectivity index is 1.97. The van der Waals surface area contributed by atoms with Gasteiger partial charge in [-0.25, -0.2) is 9.36 Å². The molecule has 4 atom stereocenters. The third-order valence-corrected chi connectivity index (χ3v) is 6.35. The van der Waals surface area contributed by atoms with Crippen LogP contribution < -0.4 is 11.2 Å². The molecule has 0 aromatic carbocycles. The second-order valence-corrected chi connectivity index (χ2v) is 9.03. The van der Waals surface area contributed by atoms with Crippen LogP contribution in [-0.2, 0) is 37.1 Å². The van der Waals surface area contributed by atoms with Crippen LogP contribution in [0.25, 0.3) is 0 Å². The van der Waals surface area contributed by atoms with Crippen LogP contribution in [0.1, 0.15) is 24.6 Å². The van der Waals surface area contributed by atoms with Crippen molar-refractivity contribution in [2.75, 3.05) is 60.0 Å². The number of phosphoric acid groups is 1. The molecule has 0 spiro atoms. The molecule has 14 nitrogen and oxygen atoms in total. The van der Waals surface area contributed by atoms with E-state index in [9.17, 15) is 19.3 Å². The normalized spacial score (nSPS) is 21.6. The molecule has 1 aliphatic rings. The first-order valence-electron chi connectivity index (χ1n) is 11.0. The highest BCUT2D eigenvalue weighted by atomic mass is 31.2. The molecule has 0 amide bonds. The first-order chi connectivity index (χ1) is 16.8. The molecule has 15 heteroatoms. The second-order valence-electron chi connectivity index (χ2n) is 7.41. The Kier molecular flexibility index (Phi) is 12.8. The van der Waals surface area contributed by atoms with Crippen molar-refractivity contribution in [1.82, 2.24) is 9.55 Å². The molecule has 2 N–H and O–H groups in total. The number of phosphoric ester groups is 1. The fourth-order valence-corrected chi connectivity index (χ4v) is 4.45. The van der Waals surface area contributed by atoms with Crippen LogP contribution in [0.15, 0.2) is 15.8 Å². The van der Waals surface area contributed by atoms with Gasteiger partial charge in [-0.2, -0.15) is 5.26 Å². The van der Waals surface area contributed by atoms with Crippen molar-refractivity contribution in [3.63, 3.8) is 0 Å². The van der Waals surface area contributed by atoms with Gasteiger partial charge in [-0.05, 0) is 6.92 Å². The molecule has 0 aliphatic carbocycles. The van der Waals surface area contributed by atoms with E-state index in [2.05, 4.69) is 4.98 Å². The number of nitrogens with zero attached hydrogens (tertiary/aromatic N) is 2. The average molecular weight is 521 g/mol. The largest absolute Gasteiger partial charge is 0.475 e. The summed E-state index contributed by atoms with van der Waals surface area (Å²) in [6, 6.07) is 1.87. The molecule has 1 saturated heterocycles. The van der Waals surface area contributed by atoms with Crippen molar-refractivity contribution < 1.29 is 42.2 Å². The Morgan fingerprint density at radius 1 is 1.17 bits per heavy atom. The van der Waals surface area contributed by atoms with Crippen LogP contribution in [0.2, 0.25) is 0 Å². The van der Waals surface area contributed by atoms with Crippen molar-refractivity contribution in [2.45, 2.75) is 38.2 Å². The van der Waals surface area contributed by atoms with E-state index in [1.165, 1.54) is 13.1 Å². The van der Waals surface area contributed by atoms with Crippen LogP contribution in [0.3, 0.4) is 0 Å². The van der Waals surface area contributed by atoms with Gasteiger partial charge in [0, 0.05) is 25.3 Å². The highest BCUT2D eigenvalue weighted by Crippen LogP contribution is 2.53. The number of aliphatic hydroxyl groups excluding tert-OH is 1. The summed E-state index contributed by atoms with van der Waals surface area (Å²) >= 11 is 0. The quantitative estimate of drug-likeness (QED) is 0.211. The molecule has 35 heavy (non-hydrogen) atoms. The van der Waals surface area contributed by atoms with E-state index in [0.717, 1.165) is 4.57 Å². The summed E-state index contributed by atoms with van der Waals surface area (Å²) in [4.78, 5) is 26.0. The van der Waals surface area contributed by atoms with Gasteiger partial charge in [0.05, 0.1) is 65.3 Å². The Bertz CT molecular complexity index is 976. The summed E-state index contributed by atoms with van der Waals surface area (Å²) in [5.41, 5.74) is -0.935. The summed E-state index contributed by atoms with van der Waals surface area (Å²) in [7, 11) is -2.61. The van der Waals surface area contributed by atoms with Gasteiger partial charge in [-0.15, -0.1) is 0 Å². The van der Waals surface area contributed by atoms with Crippen molar-refractivity contribution in [1.29, 1.82) is 5.26 Å². The maximum absolute atomic E-state index is 13.2. The molecule has 1 fully saturated rings. The minimum absolute atomic E-state index is 0.0148. The lowest BCUT2D eigenvalue weighted by molar-refractivity contribution is -0.0487. The number of hydrogen-bond acceptors (Lipinski definition) is 12. The SMILES string of the molecule is COCCOCCOCCOP(=O)(OCCC#N)O[C@H]1C[C@H](n2cc(C)c(=O)[nH]c2=O)O[C@@H]1CO. The number of ether oxygens (including phenoxy) is 4. The molecule has 1 aromatic rings. The lowest BCUT2D eigenvalue weighted by Crippen LogP contribution is -2.33. The van der Waals surface area contributed by atoms with E-state index in [1.54, 1.807) is 7.11 Å². The van der Waals surface area contributed by atoms with Crippen LogP contribution in [0.4, 0.5) is 0 Å². The topological polar surface area (TPSA) is 181 Å². The summed E-state index contributed by atoms with van der Waals surface area (Å²) in [5, 5.41) is 18.5. The number of aryl methyl sites for hydroxylation is 1. The molecule has 198 valence electrons. The third-order valence-electron chi connectivity index (χ3n) is 4.83. The van der Waals surface area contributed by atoms with E-state index < -0.39 is 44.1 Å². The van der Waals surface area contributed by atoms with Gasteiger partial charge in [0.1, 0.15) is 18.4 Å². The smallest absolute Gasteiger partial charge is 0.394 e. The van der Waals surface area contributed by atoms with Crippen LogP contribution in [0, 0.1) is 18.3 Å². The Hall–Kier alpha value is -1.92. The van der Waals surface area contributed by atoms with E-state index >= 15 is 0 Å². The fraction of sp³-hybridized carbons (Fsp3) is 0.750. The summed E-state index contributed by atoms with van der Waals surface area (Å²) in [6.45, 7) is 2.30. The van der Waals surface area contributed by atoms with E-state index in [0.29, 0.717) is 19.8 Å². The van der Waals surface area contributed by atoms with Crippen molar-refractivity contribution in [3.8, 4) is 6.07 Å². The molecule has 1 unspecified atom stereocenters. The van der Waals surface area contributed by atoms with Gasteiger partial charge in [0.15, 0.2) is 0 Å². The molecule has 2 rings (SSSR count). The number of aliphatic hydroxyl groups is 1. The fourth-order valence-electron chi connectivity index (χ4n) is 3.09. The standard InChI is InChI=1S/C20H32N3O11P/c1-15-13-23(20(26)22-19(15)25)18-12-16(17(14-24)33-18)34-35(27,31-5-3-4-21)32-11-10-30-9-8-29-7-6-28-2/h13,16-18,24H,3,5-12,14H2,1-2H3,(H,22,25,26)/t16-,17+,18+,35?/m0/s1. The molecule has 0 bridgehead atoms. The van der Waals surface area contributed by atoms with Crippen molar-refractivity contribution in [3.05, 3.63) is 32.6 Å². The first kappa shape index (κ1) is 29.3.